The minimum Gasteiger partial charge on any atom is -0.354 e. The number of nitrogens with zero attached hydrogens (tertiary/aromatic N) is 1. The Balaban J connectivity index is 1.68. The van der Waals surface area contributed by atoms with Gasteiger partial charge in [0.1, 0.15) is 11.6 Å². The van der Waals surface area contributed by atoms with Crippen molar-refractivity contribution in [3.63, 3.8) is 0 Å². The number of ketones is 1. The molecular formula is C20H15ClFN3O2. The third kappa shape index (κ3) is 4.48. The zero-order valence-electron chi connectivity index (χ0n) is 14.3. The first-order chi connectivity index (χ1) is 12.9. The Bertz CT molecular complexity index is 969. The summed E-state index contributed by atoms with van der Waals surface area (Å²) in [6.07, 6.45) is 1.53. The summed E-state index contributed by atoms with van der Waals surface area (Å²) in [6.45, 7) is 1.51. The van der Waals surface area contributed by atoms with E-state index in [4.69, 9.17) is 11.6 Å². The van der Waals surface area contributed by atoms with E-state index < -0.39 is 11.7 Å². The fourth-order valence-electron chi connectivity index (χ4n) is 2.39. The molecule has 136 valence electrons. The van der Waals surface area contributed by atoms with Crippen molar-refractivity contribution in [2.45, 2.75) is 6.92 Å². The standard InChI is InChI=1S/C20H15ClFN3O2/c1-12(26)13-5-7-14(8-6-13)24-15-9-10-18(23-11-15)25-20(27)19-16(21)3-2-4-17(19)22/h2-11,24H,1H3,(H,23,25,27). The zero-order valence-corrected chi connectivity index (χ0v) is 15.0. The van der Waals surface area contributed by atoms with E-state index in [1.165, 1.54) is 31.3 Å². The molecule has 1 amide bonds. The van der Waals surface area contributed by atoms with Crippen LogP contribution in [-0.2, 0) is 0 Å². The number of hydrogen-bond donors (Lipinski definition) is 2. The number of halogens is 2. The number of pyridine rings is 1. The number of nitrogens with one attached hydrogen (secondary N) is 2. The summed E-state index contributed by atoms with van der Waals surface area (Å²) in [5.41, 5.74) is 1.88. The molecule has 5 nitrogen and oxygen atoms in total. The van der Waals surface area contributed by atoms with Crippen molar-refractivity contribution in [3.05, 3.63) is 82.8 Å². The van der Waals surface area contributed by atoms with Gasteiger partial charge in [-0.1, -0.05) is 17.7 Å². The molecule has 2 N–H and O–H groups in total. The number of rotatable bonds is 5. The molecule has 2 aromatic carbocycles. The van der Waals surface area contributed by atoms with E-state index in [9.17, 15) is 14.0 Å². The molecule has 0 saturated carbocycles. The first-order valence-corrected chi connectivity index (χ1v) is 8.41. The van der Waals surface area contributed by atoms with Gasteiger partial charge in [-0.15, -0.1) is 0 Å². The lowest BCUT2D eigenvalue weighted by molar-refractivity contribution is 0.101. The maximum absolute atomic E-state index is 13.8. The molecule has 0 radical (unpaired) electrons. The van der Waals surface area contributed by atoms with Gasteiger partial charge in [0.05, 0.1) is 22.5 Å². The van der Waals surface area contributed by atoms with Gasteiger partial charge < -0.3 is 10.6 Å². The van der Waals surface area contributed by atoms with E-state index in [0.29, 0.717) is 11.3 Å². The van der Waals surface area contributed by atoms with Crippen molar-refractivity contribution in [1.82, 2.24) is 4.98 Å². The quantitative estimate of drug-likeness (QED) is 0.603. The highest BCUT2D eigenvalue weighted by molar-refractivity contribution is 6.34. The lowest BCUT2D eigenvalue weighted by Gasteiger charge is -2.09. The molecule has 0 atom stereocenters. The Morgan fingerprint density at radius 1 is 1.00 bits per heavy atom. The number of benzene rings is 2. The molecule has 3 rings (SSSR count). The second kappa shape index (κ2) is 7.97. The van der Waals surface area contributed by atoms with Crippen molar-refractivity contribution < 1.29 is 14.0 Å². The fourth-order valence-corrected chi connectivity index (χ4v) is 2.64. The van der Waals surface area contributed by atoms with Crippen LogP contribution in [0.1, 0.15) is 27.6 Å². The highest BCUT2D eigenvalue weighted by atomic mass is 35.5. The number of Topliss-reactive ketones (excluding diaryl/α,β-unsaturated/α-hetero) is 1. The van der Waals surface area contributed by atoms with Crippen molar-refractivity contribution >= 4 is 40.5 Å². The Hall–Kier alpha value is -3.25. The van der Waals surface area contributed by atoms with Crippen LogP contribution in [0, 0.1) is 5.82 Å². The predicted octanol–water partition coefficient (Wildman–Crippen LogP) is 5.07. The number of anilines is 3. The van der Waals surface area contributed by atoms with Crippen LogP contribution in [0.5, 0.6) is 0 Å². The number of amides is 1. The maximum Gasteiger partial charge on any atom is 0.261 e. The monoisotopic (exact) mass is 383 g/mol. The van der Waals surface area contributed by atoms with Crippen LogP contribution in [0.15, 0.2) is 60.8 Å². The van der Waals surface area contributed by atoms with E-state index in [1.807, 2.05) is 0 Å². The number of carbonyl (C=O) groups excluding carboxylic acids is 2. The van der Waals surface area contributed by atoms with Gasteiger partial charge in [0.25, 0.3) is 5.91 Å². The second-order valence-electron chi connectivity index (χ2n) is 5.74. The lowest BCUT2D eigenvalue weighted by atomic mass is 10.1. The molecule has 0 bridgehead atoms. The van der Waals surface area contributed by atoms with E-state index in [-0.39, 0.29) is 22.2 Å². The normalized spacial score (nSPS) is 10.3. The van der Waals surface area contributed by atoms with Gasteiger partial charge in [0.2, 0.25) is 0 Å². The van der Waals surface area contributed by atoms with Crippen molar-refractivity contribution in [1.29, 1.82) is 0 Å². The summed E-state index contributed by atoms with van der Waals surface area (Å²) in [5, 5.41) is 5.67. The van der Waals surface area contributed by atoms with Crippen molar-refractivity contribution in [2.75, 3.05) is 10.6 Å². The minimum atomic E-state index is -0.702. The Morgan fingerprint density at radius 2 is 1.70 bits per heavy atom. The summed E-state index contributed by atoms with van der Waals surface area (Å²) < 4.78 is 13.8. The largest absolute Gasteiger partial charge is 0.354 e. The number of aromatic nitrogens is 1. The Labute approximate surface area is 160 Å². The maximum atomic E-state index is 13.8. The topological polar surface area (TPSA) is 71.1 Å². The fraction of sp³-hybridized carbons (Fsp3) is 0.0500. The second-order valence-corrected chi connectivity index (χ2v) is 6.15. The van der Waals surface area contributed by atoms with E-state index in [1.54, 1.807) is 36.4 Å². The lowest BCUT2D eigenvalue weighted by Crippen LogP contribution is -2.15. The molecule has 0 aliphatic carbocycles. The highest BCUT2D eigenvalue weighted by Crippen LogP contribution is 2.21. The number of hydrogen-bond acceptors (Lipinski definition) is 4. The molecule has 0 fully saturated rings. The Morgan fingerprint density at radius 3 is 2.30 bits per heavy atom. The zero-order chi connectivity index (χ0) is 19.4. The summed E-state index contributed by atoms with van der Waals surface area (Å²) >= 11 is 5.88. The summed E-state index contributed by atoms with van der Waals surface area (Å²) in [5.74, 6) is -1.12. The average Bonchev–Trinajstić information content (AvgIpc) is 2.63. The first kappa shape index (κ1) is 18.5. The summed E-state index contributed by atoms with van der Waals surface area (Å²) in [4.78, 5) is 27.6. The molecule has 0 saturated heterocycles. The van der Waals surface area contributed by atoms with Crippen LogP contribution >= 0.6 is 11.6 Å². The SMILES string of the molecule is CC(=O)c1ccc(Nc2ccc(NC(=O)c3c(F)cccc3Cl)nc2)cc1. The molecule has 3 aromatic rings. The van der Waals surface area contributed by atoms with Gasteiger partial charge in [0.15, 0.2) is 5.78 Å². The molecule has 0 spiro atoms. The molecule has 7 heteroatoms. The first-order valence-electron chi connectivity index (χ1n) is 8.03. The number of carbonyl (C=O) groups is 2. The Kier molecular flexibility index (Phi) is 5.47. The highest BCUT2D eigenvalue weighted by Gasteiger charge is 2.16. The van der Waals surface area contributed by atoms with Crippen LogP contribution in [0.3, 0.4) is 0 Å². The molecule has 0 unspecified atom stereocenters. The van der Waals surface area contributed by atoms with Gasteiger partial charge in [-0.2, -0.15) is 0 Å². The molecule has 27 heavy (non-hydrogen) atoms. The molecule has 0 aliphatic heterocycles. The van der Waals surface area contributed by atoms with E-state index in [2.05, 4.69) is 15.6 Å². The van der Waals surface area contributed by atoms with Crippen LogP contribution in [0.25, 0.3) is 0 Å². The molecule has 0 aliphatic rings. The van der Waals surface area contributed by atoms with Crippen LogP contribution in [0.4, 0.5) is 21.6 Å². The van der Waals surface area contributed by atoms with E-state index >= 15 is 0 Å². The van der Waals surface area contributed by atoms with Crippen LogP contribution in [0.2, 0.25) is 5.02 Å². The molecular weight excluding hydrogens is 369 g/mol. The van der Waals surface area contributed by atoms with Gasteiger partial charge in [0, 0.05) is 11.3 Å². The van der Waals surface area contributed by atoms with Crippen LogP contribution < -0.4 is 10.6 Å². The van der Waals surface area contributed by atoms with E-state index in [0.717, 1.165) is 5.69 Å². The summed E-state index contributed by atoms with van der Waals surface area (Å²) in [7, 11) is 0. The van der Waals surface area contributed by atoms with Gasteiger partial charge in [-0.25, -0.2) is 9.37 Å². The minimum absolute atomic E-state index is 0.00160. The molecule has 1 aromatic heterocycles. The average molecular weight is 384 g/mol. The van der Waals surface area contributed by atoms with Gasteiger partial charge in [-0.3, -0.25) is 9.59 Å². The third-order valence-electron chi connectivity index (χ3n) is 3.78. The van der Waals surface area contributed by atoms with Crippen LogP contribution in [-0.4, -0.2) is 16.7 Å². The van der Waals surface area contributed by atoms with Crippen molar-refractivity contribution in [3.8, 4) is 0 Å². The predicted molar refractivity (Wildman–Crippen MR) is 103 cm³/mol. The molecule has 1 heterocycles. The van der Waals surface area contributed by atoms with Gasteiger partial charge in [-0.05, 0) is 55.5 Å². The smallest absolute Gasteiger partial charge is 0.261 e. The van der Waals surface area contributed by atoms with Gasteiger partial charge >= 0.3 is 0 Å². The summed E-state index contributed by atoms with van der Waals surface area (Å²) in [6, 6.07) is 14.4. The van der Waals surface area contributed by atoms with Crippen molar-refractivity contribution in [2.24, 2.45) is 0 Å². The third-order valence-corrected chi connectivity index (χ3v) is 4.09.